The summed E-state index contributed by atoms with van der Waals surface area (Å²) < 4.78 is 0. The number of nitrogens with two attached hydrogens (primary N) is 1. The minimum atomic E-state index is 0.714. The molecule has 16 heavy (non-hydrogen) atoms. The molecule has 2 aliphatic rings. The largest absolute Gasteiger partial charge is 0.333 e. The van der Waals surface area contributed by atoms with Gasteiger partial charge in [-0.3, -0.25) is 0 Å². The lowest BCUT2D eigenvalue weighted by Gasteiger charge is -2.49. The Kier molecular flexibility index (Phi) is 7.98. The Bertz CT molecular complexity index is 155. The maximum Gasteiger partial charge on any atom is 0.00385 e. The van der Waals surface area contributed by atoms with Crippen molar-refractivity contribution in [2.24, 2.45) is 11.1 Å². The summed E-state index contributed by atoms with van der Waals surface area (Å²) in [4.78, 5) is 2.60. The zero-order valence-electron chi connectivity index (χ0n) is 11.8. The minimum Gasteiger partial charge on any atom is -0.333 e. The lowest BCUT2D eigenvalue weighted by atomic mass is 9.73. The van der Waals surface area contributed by atoms with Crippen molar-refractivity contribution in [3.8, 4) is 0 Å². The van der Waals surface area contributed by atoms with E-state index < -0.39 is 0 Å². The number of piperidine rings is 1. The highest BCUT2D eigenvalue weighted by Crippen LogP contribution is 2.35. The van der Waals surface area contributed by atoms with Crippen molar-refractivity contribution in [1.82, 2.24) is 10.2 Å². The van der Waals surface area contributed by atoms with E-state index in [-0.39, 0.29) is 0 Å². The average molecular weight is 229 g/mol. The van der Waals surface area contributed by atoms with Crippen LogP contribution in [0.4, 0.5) is 0 Å². The number of nitrogens with zero attached hydrogens (tertiary/aromatic N) is 1. The molecule has 0 aromatic rings. The van der Waals surface area contributed by atoms with Crippen LogP contribution in [0.2, 0.25) is 0 Å². The predicted octanol–water partition coefficient (Wildman–Crippen LogP) is 1.68. The van der Waals surface area contributed by atoms with Crippen LogP contribution >= 0.6 is 0 Å². The van der Waals surface area contributed by atoms with Gasteiger partial charge in [-0.15, -0.1) is 0 Å². The Labute approximate surface area is 102 Å². The van der Waals surface area contributed by atoms with E-state index in [0.717, 1.165) is 6.04 Å². The van der Waals surface area contributed by atoms with E-state index in [1.807, 2.05) is 13.8 Å². The summed E-state index contributed by atoms with van der Waals surface area (Å²) in [5.74, 6) is 0. The van der Waals surface area contributed by atoms with Gasteiger partial charge in [0.2, 0.25) is 0 Å². The third-order valence-electron chi connectivity index (χ3n) is 3.59. The Morgan fingerprint density at radius 3 is 1.75 bits per heavy atom. The third-order valence-corrected chi connectivity index (χ3v) is 3.59. The molecule has 2 aliphatic heterocycles. The van der Waals surface area contributed by atoms with Gasteiger partial charge < -0.3 is 16.0 Å². The second-order valence-corrected chi connectivity index (χ2v) is 4.73. The van der Waals surface area contributed by atoms with Crippen LogP contribution in [0, 0.1) is 5.41 Å². The Morgan fingerprint density at radius 1 is 1.06 bits per heavy atom. The van der Waals surface area contributed by atoms with Gasteiger partial charge >= 0.3 is 0 Å². The highest BCUT2D eigenvalue weighted by atomic mass is 15.2. The molecule has 98 valence electrons. The van der Waals surface area contributed by atoms with Gasteiger partial charge in [0, 0.05) is 19.1 Å². The second kappa shape index (κ2) is 8.04. The average Bonchev–Trinajstić information content (AvgIpc) is 2.32. The van der Waals surface area contributed by atoms with E-state index >= 15 is 0 Å². The lowest BCUT2D eigenvalue weighted by molar-refractivity contribution is 0.0418. The minimum absolute atomic E-state index is 0.714. The topological polar surface area (TPSA) is 41.3 Å². The molecule has 0 aromatic carbocycles. The second-order valence-electron chi connectivity index (χ2n) is 4.73. The first-order valence-corrected chi connectivity index (χ1v) is 6.74. The van der Waals surface area contributed by atoms with Crippen molar-refractivity contribution in [2.45, 2.75) is 46.6 Å². The maximum absolute atomic E-state index is 4.50. The molecule has 0 aliphatic carbocycles. The van der Waals surface area contributed by atoms with Gasteiger partial charge in [-0.1, -0.05) is 13.8 Å². The third kappa shape index (κ3) is 4.04. The summed E-state index contributed by atoms with van der Waals surface area (Å²) in [5, 5.41) is 3.40. The van der Waals surface area contributed by atoms with Crippen LogP contribution in [-0.2, 0) is 0 Å². The van der Waals surface area contributed by atoms with Gasteiger partial charge in [0.15, 0.2) is 0 Å². The predicted molar refractivity (Wildman–Crippen MR) is 72.7 cm³/mol. The molecule has 3 nitrogen and oxygen atoms in total. The molecule has 0 amide bonds. The van der Waals surface area contributed by atoms with Crippen LogP contribution < -0.4 is 11.1 Å². The van der Waals surface area contributed by atoms with Gasteiger partial charge in [-0.05, 0) is 52.2 Å². The van der Waals surface area contributed by atoms with Crippen molar-refractivity contribution < 1.29 is 0 Å². The SMILES string of the molecule is CC.CC(C)N1CCC2(CC1)CNC2.CN. The fourth-order valence-corrected chi connectivity index (χ4v) is 2.35. The van der Waals surface area contributed by atoms with Crippen LogP contribution in [-0.4, -0.2) is 44.2 Å². The van der Waals surface area contributed by atoms with Crippen LogP contribution in [0.1, 0.15) is 40.5 Å². The summed E-state index contributed by atoms with van der Waals surface area (Å²) in [6.45, 7) is 13.8. The monoisotopic (exact) mass is 229 g/mol. The molecule has 0 unspecified atom stereocenters. The molecule has 3 heteroatoms. The molecule has 2 rings (SSSR count). The van der Waals surface area contributed by atoms with Gasteiger partial charge in [-0.2, -0.15) is 0 Å². The van der Waals surface area contributed by atoms with E-state index in [1.54, 1.807) is 0 Å². The summed E-state index contributed by atoms with van der Waals surface area (Å²) in [5.41, 5.74) is 5.21. The van der Waals surface area contributed by atoms with Gasteiger partial charge in [0.25, 0.3) is 0 Å². The van der Waals surface area contributed by atoms with Crippen LogP contribution in [0.15, 0.2) is 0 Å². The van der Waals surface area contributed by atoms with Crippen LogP contribution in [0.5, 0.6) is 0 Å². The molecule has 2 heterocycles. The van der Waals surface area contributed by atoms with Crippen molar-refractivity contribution in [2.75, 3.05) is 33.2 Å². The smallest absolute Gasteiger partial charge is 0.00385 e. The first kappa shape index (κ1) is 15.9. The molecule has 3 N–H and O–H groups in total. The Morgan fingerprint density at radius 2 is 1.50 bits per heavy atom. The Balaban J connectivity index is 0.000000509. The molecule has 2 saturated heterocycles. The van der Waals surface area contributed by atoms with Crippen molar-refractivity contribution in [3.05, 3.63) is 0 Å². The van der Waals surface area contributed by atoms with Crippen LogP contribution in [0.3, 0.4) is 0 Å². The molecule has 0 aromatic heterocycles. The van der Waals surface area contributed by atoms with Gasteiger partial charge in [0.1, 0.15) is 0 Å². The zero-order chi connectivity index (χ0) is 12.6. The number of nitrogens with one attached hydrogen (secondary N) is 1. The molecular weight excluding hydrogens is 198 g/mol. The van der Waals surface area contributed by atoms with E-state index in [0.29, 0.717) is 5.41 Å². The van der Waals surface area contributed by atoms with Gasteiger partial charge in [0.05, 0.1) is 0 Å². The van der Waals surface area contributed by atoms with E-state index in [1.165, 1.54) is 46.1 Å². The molecule has 0 saturated carbocycles. The molecule has 0 atom stereocenters. The number of likely N-dealkylation sites (tertiary alicyclic amines) is 1. The summed E-state index contributed by atoms with van der Waals surface area (Å²) in [6, 6.07) is 0.746. The van der Waals surface area contributed by atoms with Crippen molar-refractivity contribution in [1.29, 1.82) is 0 Å². The highest BCUT2D eigenvalue weighted by Gasteiger charge is 2.39. The molecule has 2 fully saturated rings. The quantitative estimate of drug-likeness (QED) is 0.719. The number of rotatable bonds is 1. The fourth-order valence-electron chi connectivity index (χ4n) is 2.35. The van der Waals surface area contributed by atoms with Crippen molar-refractivity contribution in [3.63, 3.8) is 0 Å². The summed E-state index contributed by atoms with van der Waals surface area (Å²) in [7, 11) is 1.50. The normalized spacial score (nSPS) is 22.7. The maximum atomic E-state index is 4.50. The lowest BCUT2D eigenvalue weighted by Crippen LogP contribution is -2.58. The van der Waals surface area contributed by atoms with Gasteiger partial charge in [-0.25, -0.2) is 0 Å². The van der Waals surface area contributed by atoms with E-state index in [4.69, 9.17) is 0 Å². The summed E-state index contributed by atoms with van der Waals surface area (Å²) in [6.07, 6.45) is 2.83. The molecule has 0 radical (unpaired) electrons. The number of hydrogen-bond donors (Lipinski definition) is 2. The first-order valence-electron chi connectivity index (χ1n) is 6.74. The van der Waals surface area contributed by atoms with Crippen LogP contribution in [0.25, 0.3) is 0 Å². The fraction of sp³-hybridized carbons (Fsp3) is 1.00. The standard InChI is InChI=1S/C10H20N2.C2H6.CH5N/c1-9(2)12-5-3-10(4-6-12)7-11-8-10;2*1-2/h9,11H,3-8H2,1-2H3;1-2H3;2H2,1H3. The summed E-state index contributed by atoms with van der Waals surface area (Å²) >= 11 is 0. The molecular formula is C13H31N3. The Hall–Kier alpha value is -0.120. The first-order chi connectivity index (χ1) is 7.72. The van der Waals surface area contributed by atoms with Crippen molar-refractivity contribution >= 4 is 0 Å². The molecule has 0 bridgehead atoms. The molecule has 1 spiro atoms. The van der Waals surface area contributed by atoms with E-state index in [2.05, 4.69) is 29.8 Å². The number of hydrogen-bond acceptors (Lipinski definition) is 3. The highest BCUT2D eigenvalue weighted by molar-refractivity contribution is 4.96. The van der Waals surface area contributed by atoms with E-state index in [9.17, 15) is 0 Å². The zero-order valence-corrected chi connectivity index (χ0v) is 11.8.